The zero-order valence-electron chi connectivity index (χ0n) is 15.4. The van der Waals surface area contributed by atoms with Crippen LogP contribution in [0.4, 0.5) is 4.79 Å². The highest BCUT2D eigenvalue weighted by Crippen LogP contribution is 2.42. The van der Waals surface area contributed by atoms with Crippen LogP contribution < -0.4 is 5.32 Å². The summed E-state index contributed by atoms with van der Waals surface area (Å²) in [6.45, 7) is 12.7. The van der Waals surface area contributed by atoms with Crippen LogP contribution in [0.1, 0.15) is 48.5 Å². The van der Waals surface area contributed by atoms with Crippen LogP contribution in [-0.4, -0.2) is 45.5 Å². The van der Waals surface area contributed by atoms with Crippen molar-refractivity contribution in [2.75, 3.05) is 5.75 Å². The molecule has 2 rings (SSSR count). The number of thioether (sulfide) groups is 1. The van der Waals surface area contributed by atoms with E-state index in [0.29, 0.717) is 11.4 Å². The first kappa shape index (κ1) is 18.8. The van der Waals surface area contributed by atoms with Crippen LogP contribution in [0.2, 0.25) is 0 Å². The summed E-state index contributed by atoms with van der Waals surface area (Å²) in [5.74, 6) is 0.359. The fourth-order valence-electron chi connectivity index (χ4n) is 2.58. The lowest BCUT2D eigenvalue weighted by atomic mass is 9.85. The van der Waals surface area contributed by atoms with Gasteiger partial charge < -0.3 is 10.1 Å². The molecular weight excluding hydrogens is 328 g/mol. The monoisotopic (exact) mass is 354 g/mol. The molecule has 1 N–H and O–H groups in total. The first-order valence-corrected chi connectivity index (χ1v) is 9.06. The van der Waals surface area contributed by atoms with E-state index in [0.717, 1.165) is 5.57 Å². The summed E-state index contributed by atoms with van der Waals surface area (Å²) in [5.41, 5.74) is 0.200. The third-order valence-corrected chi connectivity index (χ3v) is 5.15. The van der Waals surface area contributed by atoms with E-state index in [4.69, 9.17) is 4.74 Å². The number of ether oxygens (including phenoxy) is 1. The maximum atomic E-state index is 12.7. The van der Waals surface area contributed by atoms with Crippen molar-refractivity contribution in [2.24, 2.45) is 5.41 Å². The van der Waals surface area contributed by atoms with Gasteiger partial charge in [-0.15, -0.1) is 11.8 Å². The predicted molar refractivity (Wildman–Crippen MR) is 93.4 cm³/mol. The molecule has 134 valence electrons. The smallest absolute Gasteiger partial charge is 0.408 e. The second-order valence-electron chi connectivity index (χ2n) is 8.24. The fourth-order valence-corrected chi connectivity index (χ4v) is 3.88. The summed E-state index contributed by atoms with van der Waals surface area (Å²) < 4.78 is 5.21. The average Bonchev–Trinajstić information content (AvgIpc) is 2.41. The van der Waals surface area contributed by atoms with E-state index in [1.165, 1.54) is 4.90 Å². The van der Waals surface area contributed by atoms with Gasteiger partial charge >= 0.3 is 6.09 Å². The molecule has 1 fully saturated rings. The molecule has 0 radical (unpaired) electrons. The molecule has 2 atom stereocenters. The van der Waals surface area contributed by atoms with E-state index < -0.39 is 23.2 Å². The van der Waals surface area contributed by atoms with E-state index >= 15 is 0 Å². The number of carbonyl (C=O) groups is 3. The number of hydrogen-bond donors (Lipinski definition) is 1. The minimum absolute atomic E-state index is 0.0469. The van der Waals surface area contributed by atoms with Gasteiger partial charge in [0, 0.05) is 11.2 Å². The Hall–Kier alpha value is -1.50. The summed E-state index contributed by atoms with van der Waals surface area (Å²) >= 11 is 1.55. The molecular formula is C17H26N2O4S. The number of nitrogens with zero attached hydrogens (tertiary/aromatic N) is 1. The Morgan fingerprint density at radius 3 is 2.29 bits per heavy atom. The molecule has 2 aliphatic rings. The van der Waals surface area contributed by atoms with Gasteiger partial charge in [0.2, 0.25) is 0 Å². The van der Waals surface area contributed by atoms with Crippen molar-refractivity contribution < 1.29 is 19.1 Å². The number of amides is 2. The number of ketones is 1. The average molecular weight is 354 g/mol. The second-order valence-corrected chi connectivity index (χ2v) is 9.35. The zero-order chi connectivity index (χ0) is 18.4. The molecule has 0 saturated carbocycles. The highest BCUT2D eigenvalue weighted by molar-refractivity contribution is 8.00. The highest BCUT2D eigenvalue weighted by Gasteiger charge is 2.54. The summed E-state index contributed by atoms with van der Waals surface area (Å²) in [5, 5.41) is 2.37. The van der Waals surface area contributed by atoms with Crippen LogP contribution in [0, 0.1) is 5.41 Å². The Labute approximate surface area is 147 Å². The number of rotatable bonds is 2. The molecule has 1 saturated heterocycles. The van der Waals surface area contributed by atoms with Crippen molar-refractivity contribution in [3.8, 4) is 0 Å². The number of alkyl carbamates (subject to hydrolysis) is 1. The van der Waals surface area contributed by atoms with Gasteiger partial charge in [0.15, 0.2) is 5.78 Å². The van der Waals surface area contributed by atoms with E-state index in [-0.39, 0.29) is 17.1 Å². The third-order valence-electron chi connectivity index (χ3n) is 3.73. The van der Waals surface area contributed by atoms with Gasteiger partial charge in [-0.1, -0.05) is 20.8 Å². The van der Waals surface area contributed by atoms with Gasteiger partial charge in [0.25, 0.3) is 5.91 Å². The standard InChI is InChI=1S/C17H26N2O4S/c1-9-8-24-14-10(18-15(22)23-17(5,6)7)13(21)19(14)11(9)12(20)16(2,3)4/h10,14H,8H2,1-7H3,(H,18,22)/t10-,14+/m1/s1. The van der Waals surface area contributed by atoms with Gasteiger partial charge in [-0.05, 0) is 33.3 Å². The maximum absolute atomic E-state index is 12.7. The number of nitrogens with one attached hydrogen (secondary N) is 1. The Balaban J connectivity index is 2.15. The summed E-state index contributed by atoms with van der Waals surface area (Å²) in [7, 11) is 0. The molecule has 2 aliphatic heterocycles. The van der Waals surface area contributed by atoms with E-state index in [1.54, 1.807) is 32.5 Å². The molecule has 0 aliphatic carbocycles. The number of allylic oxidation sites excluding steroid dienone is 1. The van der Waals surface area contributed by atoms with Crippen LogP contribution in [0.15, 0.2) is 11.3 Å². The normalized spacial score (nSPS) is 24.3. The first-order valence-electron chi connectivity index (χ1n) is 8.01. The first-order chi connectivity index (χ1) is 10.8. The molecule has 0 aromatic heterocycles. The lowest BCUT2D eigenvalue weighted by molar-refractivity contribution is -0.146. The van der Waals surface area contributed by atoms with Gasteiger partial charge in [-0.25, -0.2) is 4.79 Å². The van der Waals surface area contributed by atoms with Crippen LogP contribution in [0.3, 0.4) is 0 Å². The fraction of sp³-hybridized carbons (Fsp3) is 0.706. The number of Topliss-reactive ketones (excluding diaryl/α,β-unsaturated/α-hetero) is 1. The number of carbonyl (C=O) groups excluding carboxylic acids is 3. The summed E-state index contributed by atoms with van der Waals surface area (Å²) in [6.07, 6.45) is -0.615. The van der Waals surface area contributed by atoms with E-state index in [2.05, 4.69) is 5.32 Å². The van der Waals surface area contributed by atoms with Gasteiger partial charge in [0.05, 0.1) is 5.70 Å². The van der Waals surface area contributed by atoms with E-state index in [9.17, 15) is 14.4 Å². The lowest BCUT2D eigenvalue weighted by Gasteiger charge is -2.50. The minimum Gasteiger partial charge on any atom is -0.444 e. The van der Waals surface area contributed by atoms with Gasteiger partial charge in [-0.2, -0.15) is 0 Å². The Kier molecular flexibility index (Phi) is 4.78. The third kappa shape index (κ3) is 3.61. The molecule has 0 aromatic carbocycles. The highest BCUT2D eigenvalue weighted by atomic mass is 32.2. The number of fused-ring (bicyclic) bond motifs is 1. The Morgan fingerprint density at radius 1 is 1.21 bits per heavy atom. The quantitative estimate of drug-likeness (QED) is 0.772. The van der Waals surface area contributed by atoms with Gasteiger partial charge in [0.1, 0.15) is 17.0 Å². The molecule has 7 heteroatoms. The lowest BCUT2D eigenvalue weighted by Crippen LogP contribution is -2.71. The molecule has 2 amide bonds. The minimum atomic E-state index is -0.652. The molecule has 0 unspecified atom stereocenters. The van der Waals surface area contributed by atoms with Crippen LogP contribution in [0.25, 0.3) is 0 Å². The van der Waals surface area contributed by atoms with Crippen molar-refractivity contribution >= 4 is 29.5 Å². The Morgan fingerprint density at radius 2 is 1.79 bits per heavy atom. The van der Waals surface area contributed by atoms with Crippen molar-refractivity contribution in [1.29, 1.82) is 0 Å². The van der Waals surface area contributed by atoms with Crippen molar-refractivity contribution in [2.45, 2.75) is 65.5 Å². The van der Waals surface area contributed by atoms with E-state index in [1.807, 2.05) is 27.7 Å². The topological polar surface area (TPSA) is 75.7 Å². The molecule has 0 spiro atoms. The maximum Gasteiger partial charge on any atom is 0.408 e. The van der Waals surface area contributed by atoms with Crippen molar-refractivity contribution in [3.05, 3.63) is 11.3 Å². The predicted octanol–water partition coefficient (Wildman–Crippen LogP) is 2.68. The molecule has 2 heterocycles. The summed E-state index contributed by atoms with van der Waals surface area (Å²) in [6, 6.07) is -0.652. The van der Waals surface area contributed by atoms with Crippen LogP contribution in [0.5, 0.6) is 0 Å². The van der Waals surface area contributed by atoms with Crippen LogP contribution >= 0.6 is 11.8 Å². The molecule has 6 nitrogen and oxygen atoms in total. The number of hydrogen-bond acceptors (Lipinski definition) is 5. The largest absolute Gasteiger partial charge is 0.444 e. The molecule has 0 aromatic rings. The van der Waals surface area contributed by atoms with Crippen molar-refractivity contribution in [1.82, 2.24) is 10.2 Å². The second kappa shape index (κ2) is 6.10. The SMILES string of the molecule is CC1=C(C(=O)C(C)(C)C)N2C(=O)[C@@H](NC(=O)OC(C)(C)C)[C@@H]2SC1. The molecule has 24 heavy (non-hydrogen) atoms. The van der Waals surface area contributed by atoms with Crippen LogP contribution in [-0.2, 0) is 14.3 Å². The number of β-lactam (4-membered cyclic amide) rings is 1. The summed E-state index contributed by atoms with van der Waals surface area (Å²) in [4.78, 5) is 38.7. The van der Waals surface area contributed by atoms with Crippen molar-refractivity contribution in [3.63, 3.8) is 0 Å². The Bertz CT molecular complexity index is 613. The van der Waals surface area contributed by atoms with Gasteiger partial charge in [-0.3, -0.25) is 14.5 Å². The molecule has 0 bridgehead atoms. The zero-order valence-corrected chi connectivity index (χ0v) is 16.2.